The van der Waals surface area contributed by atoms with Crippen molar-refractivity contribution in [3.05, 3.63) is 61.3 Å². The number of nitro groups is 1. The molecule has 1 heterocycles. The molecular formula is C16H18N2O4S. The van der Waals surface area contributed by atoms with E-state index in [0.717, 1.165) is 16.9 Å². The van der Waals surface area contributed by atoms with Crippen LogP contribution in [0.25, 0.3) is 0 Å². The van der Waals surface area contributed by atoms with E-state index >= 15 is 0 Å². The number of aliphatic hydroxyl groups excluding tert-OH is 1. The molecule has 0 aliphatic rings. The Kier molecular flexibility index (Phi) is 5.46. The highest BCUT2D eigenvalue weighted by Gasteiger charge is 2.15. The molecule has 1 aromatic heterocycles. The Bertz CT molecular complexity index is 709. The molecule has 2 rings (SSSR count). The molecule has 2 N–H and O–H groups in total. The molecule has 2 aromatic rings. The summed E-state index contributed by atoms with van der Waals surface area (Å²) in [4.78, 5) is 23.9. The standard InChI is InChI=1S/C16H18N2O4S/c1-3-11-8-15(23-10(11)2)16(20)17-9-14(19)12-4-6-13(7-5-12)18(21)22/h4-8,14,19H,3,9H2,1-2H3,(H,17,20)/t14-/m1/s1. The van der Waals surface area contributed by atoms with Gasteiger partial charge in [0.05, 0.1) is 15.9 Å². The summed E-state index contributed by atoms with van der Waals surface area (Å²) < 4.78 is 0. The first-order chi connectivity index (χ1) is 10.9. The molecular weight excluding hydrogens is 316 g/mol. The van der Waals surface area contributed by atoms with Crippen LogP contribution in [0.3, 0.4) is 0 Å². The Balaban J connectivity index is 1.96. The first kappa shape index (κ1) is 17.1. The smallest absolute Gasteiger partial charge is 0.269 e. The minimum absolute atomic E-state index is 0.0360. The van der Waals surface area contributed by atoms with Crippen LogP contribution in [0.5, 0.6) is 0 Å². The molecule has 0 spiro atoms. The monoisotopic (exact) mass is 334 g/mol. The van der Waals surface area contributed by atoms with E-state index in [-0.39, 0.29) is 18.1 Å². The molecule has 0 fully saturated rings. The Morgan fingerprint density at radius 1 is 1.39 bits per heavy atom. The van der Waals surface area contributed by atoms with Gasteiger partial charge in [-0.15, -0.1) is 11.3 Å². The number of aliphatic hydroxyl groups is 1. The van der Waals surface area contributed by atoms with E-state index in [1.54, 1.807) is 0 Å². The largest absolute Gasteiger partial charge is 0.387 e. The van der Waals surface area contributed by atoms with Gasteiger partial charge in [-0.3, -0.25) is 14.9 Å². The van der Waals surface area contributed by atoms with Crippen molar-refractivity contribution < 1.29 is 14.8 Å². The number of non-ortho nitro benzene ring substituents is 1. The van der Waals surface area contributed by atoms with Gasteiger partial charge in [-0.1, -0.05) is 6.92 Å². The summed E-state index contributed by atoms with van der Waals surface area (Å²) in [6.07, 6.45) is -0.0347. The summed E-state index contributed by atoms with van der Waals surface area (Å²) in [6.45, 7) is 4.07. The highest BCUT2D eigenvalue weighted by Crippen LogP contribution is 2.22. The number of aryl methyl sites for hydroxylation is 2. The third kappa shape index (κ3) is 4.14. The third-order valence-electron chi connectivity index (χ3n) is 3.57. The van der Waals surface area contributed by atoms with E-state index in [1.165, 1.54) is 35.6 Å². The molecule has 0 aliphatic heterocycles. The lowest BCUT2D eigenvalue weighted by molar-refractivity contribution is -0.384. The summed E-state index contributed by atoms with van der Waals surface area (Å²) in [5.41, 5.74) is 1.63. The molecule has 0 saturated carbocycles. The van der Waals surface area contributed by atoms with Crippen molar-refractivity contribution in [3.63, 3.8) is 0 Å². The van der Waals surface area contributed by atoms with Gasteiger partial charge in [0.15, 0.2) is 0 Å². The van der Waals surface area contributed by atoms with Gasteiger partial charge in [0, 0.05) is 23.6 Å². The van der Waals surface area contributed by atoms with Crippen LogP contribution in [0.2, 0.25) is 0 Å². The van der Waals surface area contributed by atoms with Crippen molar-refractivity contribution in [2.24, 2.45) is 0 Å². The zero-order valence-corrected chi connectivity index (χ0v) is 13.7. The maximum absolute atomic E-state index is 12.1. The molecule has 23 heavy (non-hydrogen) atoms. The van der Waals surface area contributed by atoms with E-state index in [2.05, 4.69) is 5.32 Å². The Labute approximate surface area is 137 Å². The number of amides is 1. The second kappa shape index (κ2) is 7.34. The van der Waals surface area contributed by atoms with Gasteiger partial charge in [0.25, 0.3) is 11.6 Å². The summed E-state index contributed by atoms with van der Waals surface area (Å²) in [5, 5.41) is 23.4. The lowest BCUT2D eigenvalue weighted by atomic mass is 10.1. The second-order valence-corrected chi connectivity index (χ2v) is 6.38. The zero-order valence-electron chi connectivity index (χ0n) is 12.9. The third-order valence-corrected chi connectivity index (χ3v) is 4.66. The molecule has 0 aliphatic carbocycles. The molecule has 0 saturated heterocycles. The number of nitro benzene ring substituents is 1. The van der Waals surface area contributed by atoms with E-state index in [9.17, 15) is 20.0 Å². The summed E-state index contributed by atoms with van der Waals surface area (Å²) in [5.74, 6) is -0.223. The van der Waals surface area contributed by atoms with Crippen molar-refractivity contribution in [2.45, 2.75) is 26.4 Å². The maximum Gasteiger partial charge on any atom is 0.269 e. The van der Waals surface area contributed by atoms with Crippen molar-refractivity contribution in [1.82, 2.24) is 5.32 Å². The minimum atomic E-state index is -0.911. The number of carbonyl (C=O) groups excluding carboxylic acids is 1. The molecule has 0 bridgehead atoms. The second-order valence-electron chi connectivity index (χ2n) is 5.12. The van der Waals surface area contributed by atoms with E-state index in [0.29, 0.717) is 10.4 Å². The summed E-state index contributed by atoms with van der Waals surface area (Å²) in [6, 6.07) is 7.50. The predicted molar refractivity (Wildman–Crippen MR) is 88.8 cm³/mol. The number of hydrogen-bond acceptors (Lipinski definition) is 5. The van der Waals surface area contributed by atoms with Gasteiger partial charge in [-0.25, -0.2) is 0 Å². The van der Waals surface area contributed by atoms with Gasteiger partial charge in [0.2, 0.25) is 0 Å². The van der Waals surface area contributed by atoms with Crippen LogP contribution >= 0.6 is 11.3 Å². The lowest BCUT2D eigenvalue weighted by Gasteiger charge is -2.11. The number of thiophene rings is 1. The average Bonchev–Trinajstić information content (AvgIpc) is 2.93. The molecule has 7 heteroatoms. The lowest BCUT2D eigenvalue weighted by Crippen LogP contribution is -2.27. The highest BCUT2D eigenvalue weighted by atomic mass is 32.1. The fourth-order valence-corrected chi connectivity index (χ4v) is 3.23. The van der Waals surface area contributed by atoms with Crippen LogP contribution in [0.15, 0.2) is 30.3 Å². The fourth-order valence-electron chi connectivity index (χ4n) is 2.20. The number of carbonyl (C=O) groups is 1. The predicted octanol–water partition coefficient (Wildman–Crippen LogP) is 2.99. The molecule has 1 amide bonds. The molecule has 0 radical (unpaired) electrons. The van der Waals surface area contributed by atoms with Crippen molar-refractivity contribution in [3.8, 4) is 0 Å². The first-order valence-corrected chi connectivity index (χ1v) is 8.04. The van der Waals surface area contributed by atoms with Crippen molar-refractivity contribution in [1.29, 1.82) is 0 Å². The van der Waals surface area contributed by atoms with Gasteiger partial charge >= 0.3 is 0 Å². The number of nitrogens with one attached hydrogen (secondary N) is 1. The number of nitrogens with zero attached hydrogens (tertiary/aromatic N) is 1. The maximum atomic E-state index is 12.1. The summed E-state index contributed by atoms with van der Waals surface area (Å²) in [7, 11) is 0. The Morgan fingerprint density at radius 2 is 2.04 bits per heavy atom. The highest BCUT2D eigenvalue weighted by molar-refractivity contribution is 7.14. The van der Waals surface area contributed by atoms with Crippen LogP contribution in [0.1, 0.15) is 38.7 Å². The van der Waals surface area contributed by atoms with E-state index < -0.39 is 11.0 Å². The van der Waals surface area contributed by atoms with Crippen LogP contribution in [0.4, 0.5) is 5.69 Å². The topological polar surface area (TPSA) is 92.5 Å². The average molecular weight is 334 g/mol. The molecule has 1 aromatic carbocycles. The molecule has 0 unspecified atom stereocenters. The minimum Gasteiger partial charge on any atom is -0.387 e. The van der Waals surface area contributed by atoms with E-state index in [4.69, 9.17) is 0 Å². The first-order valence-electron chi connectivity index (χ1n) is 7.22. The quantitative estimate of drug-likeness (QED) is 0.627. The van der Waals surface area contributed by atoms with Crippen LogP contribution in [-0.4, -0.2) is 22.5 Å². The molecule has 122 valence electrons. The van der Waals surface area contributed by atoms with Crippen molar-refractivity contribution in [2.75, 3.05) is 6.54 Å². The SMILES string of the molecule is CCc1cc(C(=O)NC[C@@H](O)c2ccc([N+](=O)[O-])cc2)sc1C. The number of benzene rings is 1. The van der Waals surface area contributed by atoms with Crippen molar-refractivity contribution >= 4 is 22.9 Å². The molecule has 6 nitrogen and oxygen atoms in total. The summed E-state index contributed by atoms with van der Waals surface area (Å²) >= 11 is 1.43. The van der Waals surface area contributed by atoms with E-state index in [1.807, 2.05) is 19.9 Å². The molecule has 1 atom stereocenters. The number of hydrogen-bond donors (Lipinski definition) is 2. The van der Waals surface area contributed by atoms with Crippen LogP contribution in [-0.2, 0) is 6.42 Å². The van der Waals surface area contributed by atoms with Gasteiger partial charge in [-0.05, 0) is 42.7 Å². The normalized spacial score (nSPS) is 12.0. The fraction of sp³-hybridized carbons (Fsp3) is 0.312. The van der Waals surface area contributed by atoms with Gasteiger partial charge < -0.3 is 10.4 Å². The zero-order chi connectivity index (χ0) is 17.0. The van der Waals surface area contributed by atoms with Crippen LogP contribution in [0, 0.1) is 17.0 Å². The van der Waals surface area contributed by atoms with Gasteiger partial charge in [-0.2, -0.15) is 0 Å². The number of rotatable bonds is 6. The Hall–Kier alpha value is -2.25. The van der Waals surface area contributed by atoms with Gasteiger partial charge in [0.1, 0.15) is 0 Å². The van der Waals surface area contributed by atoms with Crippen LogP contribution < -0.4 is 5.32 Å². The Morgan fingerprint density at radius 3 is 2.57 bits per heavy atom.